The molecular formula is C21H24Cl2N2O2. The first-order valence-corrected chi connectivity index (χ1v) is 10.0. The van der Waals surface area contributed by atoms with Crippen LogP contribution < -0.4 is 5.32 Å². The summed E-state index contributed by atoms with van der Waals surface area (Å²) in [5, 5.41) is 3.59. The van der Waals surface area contributed by atoms with Crippen LogP contribution in [0.25, 0.3) is 0 Å². The highest BCUT2D eigenvalue weighted by molar-refractivity contribution is 6.44. The predicted octanol–water partition coefficient (Wildman–Crippen LogP) is 4.66. The number of amides is 1. The molecule has 2 aromatic rings. The number of aryl methyl sites for hydroxylation is 1. The normalized spacial score (nSPS) is 17.6. The molecule has 4 nitrogen and oxygen atoms in total. The molecule has 0 bridgehead atoms. The summed E-state index contributed by atoms with van der Waals surface area (Å²) in [5.41, 5.74) is 1.88. The van der Waals surface area contributed by atoms with E-state index in [1.165, 1.54) is 5.56 Å². The molecule has 1 heterocycles. The maximum absolute atomic E-state index is 12.5. The number of rotatable bonds is 7. The third-order valence-corrected chi connectivity index (χ3v) is 5.50. The summed E-state index contributed by atoms with van der Waals surface area (Å²) >= 11 is 12.1. The maximum Gasteiger partial charge on any atom is 0.254 e. The molecule has 1 N–H and O–H groups in total. The Morgan fingerprint density at radius 2 is 1.93 bits per heavy atom. The SMILES string of the molecule is O=C(Nc1cccc(Cl)c1Cl)[C@H]1CN(CCCCc2ccccc2)CCO1. The summed E-state index contributed by atoms with van der Waals surface area (Å²) in [6, 6.07) is 15.7. The van der Waals surface area contributed by atoms with E-state index in [2.05, 4.69) is 34.5 Å². The summed E-state index contributed by atoms with van der Waals surface area (Å²) in [6.07, 6.45) is 2.82. The quantitative estimate of drug-likeness (QED) is 0.679. The van der Waals surface area contributed by atoms with E-state index in [0.29, 0.717) is 28.9 Å². The Labute approximate surface area is 170 Å². The van der Waals surface area contributed by atoms with Crippen LogP contribution in [-0.4, -0.2) is 43.2 Å². The van der Waals surface area contributed by atoms with Crippen LogP contribution in [0.15, 0.2) is 48.5 Å². The molecule has 1 fully saturated rings. The average Bonchev–Trinajstić information content (AvgIpc) is 2.70. The first kappa shape index (κ1) is 20.2. The lowest BCUT2D eigenvalue weighted by Gasteiger charge is -2.32. The summed E-state index contributed by atoms with van der Waals surface area (Å²) < 4.78 is 5.66. The molecule has 0 spiro atoms. The van der Waals surface area contributed by atoms with Crippen molar-refractivity contribution in [1.82, 2.24) is 4.90 Å². The highest BCUT2D eigenvalue weighted by Crippen LogP contribution is 2.29. The topological polar surface area (TPSA) is 41.6 Å². The van der Waals surface area contributed by atoms with Gasteiger partial charge in [-0.1, -0.05) is 59.6 Å². The minimum atomic E-state index is -0.497. The van der Waals surface area contributed by atoms with Gasteiger partial charge in [0.1, 0.15) is 6.10 Å². The fourth-order valence-corrected chi connectivity index (χ4v) is 3.53. The number of unbranched alkanes of at least 4 members (excludes halogenated alkanes) is 1. The largest absolute Gasteiger partial charge is 0.366 e. The molecule has 27 heavy (non-hydrogen) atoms. The second-order valence-electron chi connectivity index (χ2n) is 6.69. The lowest BCUT2D eigenvalue weighted by Crippen LogP contribution is -2.48. The highest BCUT2D eigenvalue weighted by atomic mass is 35.5. The van der Waals surface area contributed by atoms with E-state index in [1.54, 1.807) is 18.2 Å². The molecule has 3 rings (SSSR count). The summed E-state index contributed by atoms with van der Waals surface area (Å²) in [4.78, 5) is 14.8. The number of carbonyl (C=O) groups excluding carboxylic acids is 1. The Balaban J connectivity index is 1.44. The maximum atomic E-state index is 12.5. The number of benzene rings is 2. The fraction of sp³-hybridized carbons (Fsp3) is 0.381. The molecule has 144 valence electrons. The van der Waals surface area contributed by atoms with Gasteiger partial charge in [0, 0.05) is 13.1 Å². The van der Waals surface area contributed by atoms with Crippen LogP contribution in [0, 0.1) is 0 Å². The number of ether oxygens (including phenoxy) is 1. The zero-order valence-corrected chi connectivity index (χ0v) is 16.7. The molecule has 0 saturated carbocycles. The van der Waals surface area contributed by atoms with Crippen molar-refractivity contribution in [2.75, 3.05) is 31.6 Å². The Bertz CT molecular complexity index is 755. The van der Waals surface area contributed by atoms with Crippen LogP contribution >= 0.6 is 23.2 Å². The van der Waals surface area contributed by atoms with Crippen LogP contribution in [0.3, 0.4) is 0 Å². The van der Waals surface area contributed by atoms with Crippen LogP contribution in [0.5, 0.6) is 0 Å². The van der Waals surface area contributed by atoms with Crippen molar-refractivity contribution in [2.24, 2.45) is 0 Å². The van der Waals surface area contributed by atoms with Gasteiger partial charge in [-0.2, -0.15) is 0 Å². The second kappa shape index (κ2) is 10.1. The third kappa shape index (κ3) is 5.94. The number of nitrogens with zero attached hydrogens (tertiary/aromatic N) is 1. The number of morpholine rings is 1. The monoisotopic (exact) mass is 406 g/mol. The van der Waals surface area contributed by atoms with Gasteiger partial charge in [-0.3, -0.25) is 9.69 Å². The molecular weight excluding hydrogens is 383 g/mol. The highest BCUT2D eigenvalue weighted by Gasteiger charge is 2.27. The number of carbonyl (C=O) groups is 1. The van der Waals surface area contributed by atoms with Gasteiger partial charge in [0.05, 0.1) is 22.3 Å². The number of anilines is 1. The van der Waals surface area contributed by atoms with E-state index in [1.807, 2.05) is 6.07 Å². The van der Waals surface area contributed by atoms with Crippen LogP contribution in [-0.2, 0) is 16.0 Å². The smallest absolute Gasteiger partial charge is 0.254 e. The zero-order valence-electron chi connectivity index (χ0n) is 15.2. The van der Waals surface area contributed by atoms with Gasteiger partial charge in [0.2, 0.25) is 0 Å². The van der Waals surface area contributed by atoms with E-state index in [4.69, 9.17) is 27.9 Å². The van der Waals surface area contributed by atoms with Crippen molar-refractivity contribution in [2.45, 2.75) is 25.4 Å². The van der Waals surface area contributed by atoms with E-state index >= 15 is 0 Å². The molecule has 1 saturated heterocycles. The Hall–Kier alpha value is -1.59. The summed E-state index contributed by atoms with van der Waals surface area (Å²) in [5.74, 6) is -0.187. The number of hydrogen-bond donors (Lipinski definition) is 1. The molecule has 2 aromatic carbocycles. The van der Waals surface area contributed by atoms with Crippen molar-refractivity contribution in [3.05, 3.63) is 64.1 Å². The number of hydrogen-bond acceptors (Lipinski definition) is 3. The van der Waals surface area contributed by atoms with Gasteiger partial charge < -0.3 is 10.1 Å². The predicted molar refractivity (Wildman–Crippen MR) is 111 cm³/mol. The number of halogens is 2. The van der Waals surface area contributed by atoms with Gasteiger partial charge in [0.15, 0.2) is 0 Å². The standard InChI is InChI=1S/C21H24Cl2N2O2/c22-17-10-6-11-18(20(17)23)24-21(26)19-15-25(13-14-27-19)12-5-4-9-16-7-2-1-3-8-16/h1-3,6-8,10-11,19H,4-5,9,12-15H2,(H,24,26)/t19-/m1/s1. The van der Waals surface area contributed by atoms with Crippen molar-refractivity contribution < 1.29 is 9.53 Å². The van der Waals surface area contributed by atoms with Crippen LogP contribution in [0.2, 0.25) is 10.0 Å². The van der Waals surface area contributed by atoms with Crippen molar-refractivity contribution >= 4 is 34.8 Å². The first-order chi connectivity index (χ1) is 13.1. The van der Waals surface area contributed by atoms with Crippen molar-refractivity contribution in [1.29, 1.82) is 0 Å². The Kier molecular flexibility index (Phi) is 7.53. The zero-order chi connectivity index (χ0) is 19.1. The van der Waals surface area contributed by atoms with Crippen molar-refractivity contribution in [3.8, 4) is 0 Å². The lowest BCUT2D eigenvalue weighted by molar-refractivity contribution is -0.133. The van der Waals surface area contributed by atoms with E-state index in [0.717, 1.165) is 32.4 Å². The van der Waals surface area contributed by atoms with Gasteiger partial charge in [0.25, 0.3) is 5.91 Å². The van der Waals surface area contributed by atoms with E-state index < -0.39 is 6.10 Å². The third-order valence-electron chi connectivity index (χ3n) is 4.69. The van der Waals surface area contributed by atoms with Crippen LogP contribution in [0.1, 0.15) is 18.4 Å². The molecule has 1 amide bonds. The molecule has 0 unspecified atom stereocenters. The molecule has 0 radical (unpaired) electrons. The molecule has 6 heteroatoms. The molecule has 0 aliphatic carbocycles. The van der Waals surface area contributed by atoms with Crippen LogP contribution in [0.4, 0.5) is 5.69 Å². The summed E-state index contributed by atoms with van der Waals surface area (Å²) in [7, 11) is 0. The summed E-state index contributed by atoms with van der Waals surface area (Å²) in [6.45, 7) is 2.97. The van der Waals surface area contributed by atoms with E-state index in [9.17, 15) is 4.79 Å². The molecule has 1 aliphatic rings. The van der Waals surface area contributed by atoms with E-state index in [-0.39, 0.29) is 5.91 Å². The first-order valence-electron chi connectivity index (χ1n) is 9.26. The molecule has 1 aliphatic heterocycles. The van der Waals surface area contributed by atoms with Gasteiger partial charge in [-0.15, -0.1) is 0 Å². The van der Waals surface area contributed by atoms with Gasteiger partial charge >= 0.3 is 0 Å². The molecule has 0 aromatic heterocycles. The van der Waals surface area contributed by atoms with Gasteiger partial charge in [-0.25, -0.2) is 0 Å². The Morgan fingerprint density at radius 3 is 2.74 bits per heavy atom. The fourth-order valence-electron chi connectivity index (χ4n) is 3.19. The second-order valence-corrected chi connectivity index (χ2v) is 7.48. The minimum absolute atomic E-state index is 0.187. The van der Waals surface area contributed by atoms with Gasteiger partial charge in [-0.05, 0) is 43.5 Å². The van der Waals surface area contributed by atoms with Crippen molar-refractivity contribution in [3.63, 3.8) is 0 Å². The molecule has 1 atom stereocenters. The minimum Gasteiger partial charge on any atom is -0.366 e. The Morgan fingerprint density at radius 1 is 1.11 bits per heavy atom. The number of nitrogens with one attached hydrogen (secondary N) is 1. The lowest BCUT2D eigenvalue weighted by atomic mass is 10.1. The average molecular weight is 407 g/mol.